The lowest BCUT2D eigenvalue weighted by molar-refractivity contribution is 0.102. The summed E-state index contributed by atoms with van der Waals surface area (Å²) in [5, 5.41) is 8.37. The zero-order chi connectivity index (χ0) is 14.7. The molecule has 2 aromatic rings. The van der Waals surface area contributed by atoms with E-state index >= 15 is 0 Å². The van der Waals surface area contributed by atoms with Gasteiger partial charge in [0.05, 0.1) is 10.7 Å². The van der Waals surface area contributed by atoms with Crippen molar-refractivity contribution in [1.29, 1.82) is 0 Å². The van der Waals surface area contributed by atoms with Gasteiger partial charge in [-0.25, -0.2) is 9.97 Å². The number of amides is 1. The molecule has 7 heteroatoms. The summed E-state index contributed by atoms with van der Waals surface area (Å²) in [5.41, 5.74) is 1.13. The average Bonchev–Trinajstić information content (AvgIpc) is 2.88. The van der Waals surface area contributed by atoms with Gasteiger partial charge in [-0.1, -0.05) is 25.4 Å². The minimum atomic E-state index is -0.364. The summed E-state index contributed by atoms with van der Waals surface area (Å²) in [7, 11) is 1.73. The van der Waals surface area contributed by atoms with Crippen LogP contribution in [0.15, 0.2) is 17.5 Å². The van der Waals surface area contributed by atoms with Gasteiger partial charge in [0.15, 0.2) is 5.13 Å². The van der Waals surface area contributed by atoms with Gasteiger partial charge in [-0.3, -0.25) is 10.1 Å². The van der Waals surface area contributed by atoms with Gasteiger partial charge in [-0.15, -0.1) is 11.3 Å². The van der Waals surface area contributed by atoms with E-state index in [0.717, 1.165) is 5.69 Å². The zero-order valence-corrected chi connectivity index (χ0v) is 13.0. The van der Waals surface area contributed by atoms with Crippen molar-refractivity contribution in [2.45, 2.75) is 19.8 Å². The van der Waals surface area contributed by atoms with E-state index in [-0.39, 0.29) is 11.6 Å². The fourth-order valence-electron chi connectivity index (χ4n) is 1.51. The smallest absolute Gasteiger partial charge is 0.277 e. The van der Waals surface area contributed by atoms with E-state index in [9.17, 15) is 4.79 Å². The number of hydrogen-bond donors (Lipinski definition) is 2. The van der Waals surface area contributed by atoms with Crippen LogP contribution in [0.1, 0.15) is 35.9 Å². The van der Waals surface area contributed by atoms with E-state index in [1.165, 1.54) is 11.3 Å². The molecular weight excluding hydrogens is 296 g/mol. The van der Waals surface area contributed by atoms with E-state index in [0.29, 0.717) is 21.9 Å². The van der Waals surface area contributed by atoms with Gasteiger partial charge in [0.1, 0.15) is 11.5 Å². The van der Waals surface area contributed by atoms with Gasteiger partial charge in [-0.05, 0) is 18.1 Å². The monoisotopic (exact) mass is 310 g/mol. The Morgan fingerprint density at radius 1 is 1.35 bits per heavy atom. The van der Waals surface area contributed by atoms with Crippen LogP contribution in [0.25, 0.3) is 0 Å². The fourth-order valence-corrected chi connectivity index (χ4v) is 2.56. The Morgan fingerprint density at radius 3 is 2.70 bits per heavy atom. The number of carbonyl (C=O) groups excluding carboxylic acids is 1. The quantitative estimate of drug-likeness (QED) is 0.905. The molecule has 0 saturated heterocycles. The van der Waals surface area contributed by atoms with E-state index in [4.69, 9.17) is 11.6 Å². The predicted octanol–water partition coefficient (Wildman–Crippen LogP) is 3.61. The summed E-state index contributed by atoms with van der Waals surface area (Å²) in [5.74, 6) is 0.546. The molecule has 20 heavy (non-hydrogen) atoms. The maximum atomic E-state index is 12.2. The van der Waals surface area contributed by atoms with E-state index < -0.39 is 0 Å². The third kappa shape index (κ3) is 3.26. The highest BCUT2D eigenvalue weighted by atomic mass is 35.5. The van der Waals surface area contributed by atoms with Crippen LogP contribution < -0.4 is 10.6 Å². The van der Waals surface area contributed by atoms with Crippen molar-refractivity contribution >= 4 is 39.8 Å². The Balaban J connectivity index is 2.19. The molecule has 0 aliphatic carbocycles. The lowest BCUT2D eigenvalue weighted by Gasteiger charge is -2.06. The molecule has 2 aromatic heterocycles. The molecule has 0 fully saturated rings. The van der Waals surface area contributed by atoms with Crippen LogP contribution >= 0.6 is 22.9 Å². The highest BCUT2D eigenvalue weighted by Gasteiger charge is 2.15. The molecule has 0 aromatic carbocycles. The lowest BCUT2D eigenvalue weighted by Crippen LogP contribution is -2.15. The van der Waals surface area contributed by atoms with Gasteiger partial charge in [0, 0.05) is 12.4 Å². The van der Waals surface area contributed by atoms with Crippen molar-refractivity contribution in [2.24, 2.45) is 0 Å². The number of rotatable bonds is 4. The summed E-state index contributed by atoms with van der Waals surface area (Å²) in [6.07, 6.45) is 0. The van der Waals surface area contributed by atoms with Crippen LogP contribution in [0.3, 0.4) is 0 Å². The van der Waals surface area contributed by atoms with Crippen LogP contribution in [-0.4, -0.2) is 22.9 Å². The predicted molar refractivity (Wildman–Crippen MR) is 82.9 cm³/mol. The Bertz CT molecular complexity index is 627. The number of pyridine rings is 1. The number of nitrogens with one attached hydrogen (secondary N) is 2. The van der Waals surface area contributed by atoms with Crippen molar-refractivity contribution in [2.75, 3.05) is 17.7 Å². The minimum Gasteiger partial charge on any atom is -0.373 e. The van der Waals surface area contributed by atoms with Crippen LogP contribution in [-0.2, 0) is 0 Å². The van der Waals surface area contributed by atoms with Gasteiger partial charge in [-0.2, -0.15) is 0 Å². The fraction of sp³-hybridized carbons (Fsp3) is 0.308. The molecule has 2 heterocycles. The molecule has 0 bridgehead atoms. The second kappa shape index (κ2) is 6.19. The molecule has 2 N–H and O–H groups in total. The molecule has 0 atom stereocenters. The topological polar surface area (TPSA) is 66.9 Å². The number of thiazole rings is 1. The standard InChI is InChI=1S/C13H15ClN4OS/c1-7(2)9-6-20-13(16-9)18-12(19)11-8(14)4-5-10(15-3)17-11/h4-7H,1-3H3,(H,15,17)(H,16,18,19). The Kier molecular flexibility index (Phi) is 4.57. The number of nitrogens with zero attached hydrogens (tertiary/aromatic N) is 2. The average molecular weight is 311 g/mol. The first-order valence-electron chi connectivity index (χ1n) is 6.12. The van der Waals surface area contributed by atoms with Crippen LogP contribution in [0.5, 0.6) is 0 Å². The Hall–Kier alpha value is -1.66. The molecule has 106 valence electrons. The molecule has 2 rings (SSSR count). The van der Waals surface area contributed by atoms with Crippen LogP contribution in [0, 0.1) is 0 Å². The molecule has 1 amide bonds. The van der Waals surface area contributed by atoms with Gasteiger partial charge >= 0.3 is 0 Å². The summed E-state index contributed by atoms with van der Waals surface area (Å²) in [6, 6.07) is 3.34. The normalized spacial score (nSPS) is 10.7. The molecule has 0 aliphatic rings. The number of halogens is 1. The summed E-state index contributed by atoms with van der Waals surface area (Å²) < 4.78 is 0. The first-order valence-corrected chi connectivity index (χ1v) is 7.38. The molecule has 0 unspecified atom stereocenters. The maximum Gasteiger partial charge on any atom is 0.277 e. The number of aromatic nitrogens is 2. The third-order valence-corrected chi connectivity index (χ3v) is 3.73. The van der Waals surface area contributed by atoms with Crippen molar-refractivity contribution in [3.63, 3.8) is 0 Å². The minimum absolute atomic E-state index is 0.180. The highest BCUT2D eigenvalue weighted by Crippen LogP contribution is 2.23. The van der Waals surface area contributed by atoms with E-state index in [1.807, 2.05) is 5.38 Å². The van der Waals surface area contributed by atoms with Gasteiger partial charge < -0.3 is 5.32 Å². The van der Waals surface area contributed by atoms with Crippen molar-refractivity contribution < 1.29 is 4.79 Å². The summed E-state index contributed by atoms with van der Waals surface area (Å²) in [4.78, 5) is 20.7. The van der Waals surface area contributed by atoms with Gasteiger partial charge in [0.2, 0.25) is 0 Å². The van der Waals surface area contributed by atoms with Crippen molar-refractivity contribution in [3.05, 3.63) is 33.9 Å². The molecule has 0 saturated carbocycles. The highest BCUT2D eigenvalue weighted by molar-refractivity contribution is 7.14. The third-order valence-electron chi connectivity index (χ3n) is 2.65. The van der Waals surface area contributed by atoms with Gasteiger partial charge in [0.25, 0.3) is 5.91 Å². The molecule has 5 nitrogen and oxygen atoms in total. The van der Waals surface area contributed by atoms with Crippen LogP contribution in [0.2, 0.25) is 5.02 Å². The maximum absolute atomic E-state index is 12.2. The SMILES string of the molecule is CNc1ccc(Cl)c(C(=O)Nc2nc(C(C)C)cs2)n1. The molecule has 0 spiro atoms. The van der Waals surface area contributed by atoms with E-state index in [2.05, 4.69) is 34.4 Å². The summed E-state index contributed by atoms with van der Waals surface area (Å²) in [6.45, 7) is 4.10. The Morgan fingerprint density at radius 2 is 2.10 bits per heavy atom. The summed E-state index contributed by atoms with van der Waals surface area (Å²) >= 11 is 7.39. The number of carbonyl (C=O) groups is 1. The molecular formula is C13H15ClN4OS. The first kappa shape index (κ1) is 14.7. The van der Waals surface area contributed by atoms with Crippen molar-refractivity contribution in [3.8, 4) is 0 Å². The molecule has 0 aliphatic heterocycles. The largest absolute Gasteiger partial charge is 0.373 e. The second-order valence-electron chi connectivity index (χ2n) is 4.46. The number of anilines is 2. The second-order valence-corrected chi connectivity index (χ2v) is 5.73. The van der Waals surface area contributed by atoms with E-state index in [1.54, 1.807) is 19.2 Å². The molecule has 0 radical (unpaired) electrons. The zero-order valence-electron chi connectivity index (χ0n) is 11.4. The first-order chi connectivity index (χ1) is 9.51. The Labute approximate surface area is 126 Å². The van der Waals surface area contributed by atoms with Crippen LogP contribution in [0.4, 0.5) is 10.9 Å². The number of hydrogen-bond acceptors (Lipinski definition) is 5. The van der Waals surface area contributed by atoms with Crippen molar-refractivity contribution in [1.82, 2.24) is 9.97 Å². The lowest BCUT2D eigenvalue weighted by atomic mass is 10.2.